The summed E-state index contributed by atoms with van der Waals surface area (Å²) in [4.78, 5) is 26.3. The van der Waals surface area contributed by atoms with E-state index in [1.54, 1.807) is 0 Å². The molecule has 0 bridgehead atoms. The summed E-state index contributed by atoms with van der Waals surface area (Å²) in [6.07, 6.45) is 1.35. The van der Waals surface area contributed by atoms with Crippen LogP contribution in [-0.4, -0.2) is 46.1 Å². The molecule has 25 heavy (non-hydrogen) atoms. The lowest BCUT2D eigenvalue weighted by molar-refractivity contribution is -0.0376. The maximum Gasteiger partial charge on any atom is 0.331 e. The zero-order valence-electron chi connectivity index (χ0n) is 14.4. The first kappa shape index (κ1) is 19.0. The summed E-state index contributed by atoms with van der Waals surface area (Å²) in [5.74, 6) is -0.352. The highest BCUT2D eigenvalue weighted by Crippen LogP contribution is 2.32. The van der Waals surface area contributed by atoms with Crippen LogP contribution in [0.1, 0.15) is 25.6 Å². The summed E-state index contributed by atoms with van der Waals surface area (Å²) in [5.41, 5.74) is 0.276. The van der Waals surface area contributed by atoms with Crippen molar-refractivity contribution in [3.05, 3.63) is 55.8 Å². The Morgan fingerprint density at radius 3 is 2.80 bits per heavy atom. The first-order valence-electron chi connectivity index (χ1n) is 7.79. The number of nitrogens with zero attached hydrogens (tertiary/aromatic N) is 1. The smallest absolute Gasteiger partial charge is 0.331 e. The molecule has 2 rings (SSSR count). The number of aliphatic hydroxyl groups is 2. The van der Waals surface area contributed by atoms with E-state index < -0.39 is 30.2 Å². The molecule has 0 aliphatic carbocycles. The molecular weight excluding hydrogens is 330 g/mol. The third-order valence-corrected chi connectivity index (χ3v) is 3.76. The van der Waals surface area contributed by atoms with E-state index in [2.05, 4.69) is 10.3 Å². The van der Waals surface area contributed by atoms with Crippen LogP contribution >= 0.6 is 0 Å². The predicted molar refractivity (Wildman–Crippen MR) is 90.1 cm³/mol. The van der Waals surface area contributed by atoms with Crippen molar-refractivity contribution in [3.8, 4) is 0 Å². The number of rotatable bonds is 7. The molecule has 0 saturated heterocycles. The zero-order valence-corrected chi connectivity index (χ0v) is 14.4. The molecule has 0 amide bonds. The van der Waals surface area contributed by atoms with Gasteiger partial charge in [0.15, 0.2) is 17.6 Å². The fourth-order valence-corrected chi connectivity index (χ4v) is 2.44. The number of aromatic amines is 1. The second-order valence-electron chi connectivity index (χ2n) is 5.86. The molecule has 1 aromatic rings. The standard InChI is InChI=1S/C16H23N3O6/c1-9(2)4-5-17-6-10-7-19(16(23)18-14(10)22)15-13(24-3)12(21)11(8-20)25-15/h4,7,13,15,17,20-21H,5-6,8H2,1-3H3,(H,18,22,23)/t13?,15-/m1/s1. The van der Waals surface area contributed by atoms with E-state index in [-0.39, 0.29) is 18.1 Å². The minimum absolute atomic E-state index is 0.0711. The number of hydrogen-bond acceptors (Lipinski definition) is 7. The lowest BCUT2D eigenvalue weighted by atomic mass is 10.2. The number of ether oxygens (including phenoxy) is 2. The summed E-state index contributed by atoms with van der Waals surface area (Å²) in [6, 6.07) is 0. The number of aliphatic hydroxyl groups excluding tert-OH is 2. The Balaban J connectivity index is 2.27. The van der Waals surface area contributed by atoms with E-state index in [1.807, 2.05) is 19.9 Å². The van der Waals surface area contributed by atoms with Crippen molar-refractivity contribution in [2.75, 3.05) is 20.3 Å². The van der Waals surface area contributed by atoms with E-state index in [0.717, 1.165) is 10.1 Å². The quantitative estimate of drug-likeness (QED) is 0.398. The maximum absolute atomic E-state index is 12.1. The maximum atomic E-state index is 12.1. The third kappa shape index (κ3) is 4.19. The molecule has 0 spiro atoms. The lowest BCUT2D eigenvalue weighted by Crippen LogP contribution is -2.39. The molecule has 9 heteroatoms. The Labute approximate surface area is 144 Å². The van der Waals surface area contributed by atoms with Gasteiger partial charge in [-0.25, -0.2) is 4.79 Å². The van der Waals surface area contributed by atoms with Gasteiger partial charge < -0.3 is 25.0 Å². The number of allylic oxidation sites excluding steroid dienone is 1. The molecule has 2 atom stereocenters. The van der Waals surface area contributed by atoms with Crippen LogP contribution in [-0.2, 0) is 16.0 Å². The molecule has 0 radical (unpaired) electrons. The SMILES string of the molecule is COC1C(O)=C(CO)O[C@H]1n1cc(CNCC=C(C)C)c(=O)[nH]c1=O. The highest BCUT2D eigenvalue weighted by atomic mass is 16.6. The van der Waals surface area contributed by atoms with Gasteiger partial charge in [0.25, 0.3) is 5.56 Å². The van der Waals surface area contributed by atoms with Crippen LogP contribution in [0.3, 0.4) is 0 Å². The van der Waals surface area contributed by atoms with Crippen molar-refractivity contribution in [1.82, 2.24) is 14.9 Å². The lowest BCUT2D eigenvalue weighted by Gasteiger charge is -2.20. The van der Waals surface area contributed by atoms with Crippen LogP contribution in [0.2, 0.25) is 0 Å². The van der Waals surface area contributed by atoms with Crippen LogP contribution in [0.4, 0.5) is 0 Å². The van der Waals surface area contributed by atoms with Gasteiger partial charge in [0, 0.05) is 32.0 Å². The van der Waals surface area contributed by atoms with E-state index in [0.29, 0.717) is 12.1 Å². The van der Waals surface area contributed by atoms with Gasteiger partial charge in [-0.3, -0.25) is 14.3 Å². The fourth-order valence-electron chi connectivity index (χ4n) is 2.44. The molecule has 2 heterocycles. The Morgan fingerprint density at radius 2 is 2.20 bits per heavy atom. The minimum atomic E-state index is -1.02. The molecule has 138 valence electrons. The Hall–Kier alpha value is -2.36. The fraction of sp³-hybridized carbons (Fsp3) is 0.500. The van der Waals surface area contributed by atoms with Crippen molar-refractivity contribution in [2.24, 2.45) is 0 Å². The average Bonchev–Trinajstić information content (AvgIpc) is 2.88. The van der Waals surface area contributed by atoms with Crippen LogP contribution in [0.25, 0.3) is 0 Å². The number of nitrogens with one attached hydrogen (secondary N) is 2. The Morgan fingerprint density at radius 1 is 1.48 bits per heavy atom. The van der Waals surface area contributed by atoms with Crippen molar-refractivity contribution in [2.45, 2.75) is 32.7 Å². The monoisotopic (exact) mass is 353 g/mol. The first-order chi connectivity index (χ1) is 11.9. The van der Waals surface area contributed by atoms with Crippen LogP contribution in [0.5, 0.6) is 0 Å². The highest BCUT2D eigenvalue weighted by Gasteiger charge is 2.39. The molecule has 4 N–H and O–H groups in total. The van der Waals surface area contributed by atoms with Crippen molar-refractivity contribution in [3.63, 3.8) is 0 Å². The number of hydrogen-bond donors (Lipinski definition) is 4. The van der Waals surface area contributed by atoms with Crippen LogP contribution in [0, 0.1) is 0 Å². The van der Waals surface area contributed by atoms with Crippen molar-refractivity contribution >= 4 is 0 Å². The predicted octanol–water partition coefficient (Wildman–Crippen LogP) is -0.102. The normalized spacial score (nSPS) is 19.8. The van der Waals surface area contributed by atoms with Crippen LogP contribution < -0.4 is 16.6 Å². The number of H-pyrrole nitrogens is 1. The first-order valence-corrected chi connectivity index (χ1v) is 7.79. The molecule has 1 aliphatic heterocycles. The number of aromatic nitrogens is 2. The van der Waals surface area contributed by atoms with Crippen molar-refractivity contribution in [1.29, 1.82) is 0 Å². The molecule has 0 fully saturated rings. The second-order valence-corrected chi connectivity index (χ2v) is 5.86. The minimum Gasteiger partial charge on any atom is -0.506 e. The summed E-state index contributed by atoms with van der Waals surface area (Å²) in [7, 11) is 1.34. The van der Waals surface area contributed by atoms with Crippen molar-refractivity contribution < 1.29 is 19.7 Å². The van der Waals surface area contributed by atoms with Gasteiger partial charge in [0.2, 0.25) is 6.23 Å². The van der Waals surface area contributed by atoms with Gasteiger partial charge in [-0.2, -0.15) is 0 Å². The summed E-state index contributed by atoms with van der Waals surface area (Å²) in [6.45, 7) is 4.23. The summed E-state index contributed by atoms with van der Waals surface area (Å²) >= 11 is 0. The highest BCUT2D eigenvalue weighted by molar-refractivity contribution is 5.15. The Kier molecular flexibility index (Phi) is 6.18. The molecule has 9 nitrogen and oxygen atoms in total. The molecular formula is C16H23N3O6. The summed E-state index contributed by atoms with van der Waals surface area (Å²) < 4.78 is 11.7. The summed E-state index contributed by atoms with van der Waals surface area (Å²) in [5, 5.41) is 22.3. The number of methoxy groups -OCH3 is 1. The molecule has 1 aliphatic rings. The average molecular weight is 353 g/mol. The topological polar surface area (TPSA) is 126 Å². The third-order valence-electron chi connectivity index (χ3n) is 3.76. The van der Waals surface area contributed by atoms with E-state index in [1.165, 1.54) is 13.3 Å². The van der Waals surface area contributed by atoms with E-state index in [4.69, 9.17) is 9.47 Å². The van der Waals surface area contributed by atoms with Gasteiger partial charge in [-0.15, -0.1) is 0 Å². The van der Waals surface area contributed by atoms with Gasteiger partial charge in [-0.1, -0.05) is 11.6 Å². The van der Waals surface area contributed by atoms with E-state index >= 15 is 0 Å². The largest absolute Gasteiger partial charge is 0.506 e. The molecule has 1 unspecified atom stereocenters. The van der Waals surface area contributed by atoms with Gasteiger partial charge in [-0.05, 0) is 13.8 Å². The zero-order chi connectivity index (χ0) is 18.6. The van der Waals surface area contributed by atoms with Gasteiger partial charge >= 0.3 is 5.69 Å². The Bertz CT molecular complexity index is 788. The van der Waals surface area contributed by atoms with E-state index in [9.17, 15) is 19.8 Å². The molecule has 0 saturated carbocycles. The van der Waals surface area contributed by atoms with Crippen LogP contribution in [0.15, 0.2) is 39.0 Å². The molecule has 1 aromatic heterocycles. The molecule has 0 aromatic carbocycles. The van der Waals surface area contributed by atoms with Gasteiger partial charge in [0.05, 0.1) is 0 Å². The second kappa shape index (κ2) is 8.15. The van der Waals surface area contributed by atoms with Gasteiger partial charge in [0.1, 0.15) is 6.61 Å².